The van der Waals surface area contributed by atoms with Gasteiger partial charge < -0.3 is 14.8 Å². The van der Waals surface area contributed by atoms with Gasteiger partial charge in [0.15, 0.2) is 11.5 Å². The van der Waals surface area contributed by atoms with Crippen molar-refractivity contribution in [2.24, 2.45) is 5.92 Å². The maximum absolute atomic E-state index is 12.4. The number of halogens is 1. The summed E-state index contributed by atoms with van der Waals surface area (Å²) in [6.07, 6.45) is 3.22. The summed E-state index contributed by atoms with van der Waals surface area (Å²) < 4.78 is 10.7. The number of amides is 1. The van der Waals surface area contributed by atoms with Gasteiger partial charge in [-0.1, -0.05) is 49.7 Å². The number of hydrogen-bond donors (Lipinski definition) is 1. The van der Waals surface area contributed by atoms with Crippen molar-refractivity contribution in [3.63, 3.8) is 0 Å². The van der Waals surface area contributed by atoms with Crippen LogP contribution in [0.3, 0.4) is 0 Å². The van der Waals surface area contributed by atoms with E-state index in [9.17, 15) is 4.79 Å². The number of carbonyl (C=O) groups is 1. The summed E-state index contributed by atoms with van der Waals surface area (Å²) in [6, 6.07) is 12.9. The van der Waals surface area contributed by atoms with E-state index in [1.807, 2.05) is 42.5 Å². The third kappa shape index (κ3) is 5.02. The molecule has 1 amide bonds. The summed E-state index contributed by atoms with van der Waals surface area (Å²) in [4.78, 5) is 12.4. The Morgan fingerprint density at radius 2 is 1.77 bits per heavy atom. The van der Waals surface area contributed by atoms with E-state index in [1.54, 1.807) is 20.3 Å². The highest BCUT2D eigenvalue weighted by atomic mass is 35.5. The minimum atomic E-state index is -0.177. The van der Waals surface area contributed by atoms with Gasteiger partial charge in [0.05, 0.1) is 20.3 Å². The van der Waals surface area contributed by atoms with Crippen molar-refractivity contribution in [3.05, 3.63) is 64.7 Å². The van der Waals surface area contributed by atoms with Crippen LogP contribution in [-0.2, 0) is 4.79 Å². The zero-order valence-corrected chi connectivity index (χ0v) is 16.2. The summed E-state index contributed by atoms with van der Waals surface area (Å²) >= 11 is 5.95. The quantitative estimate of drug-likeness (QED) is 0.703. The molecule has 26 heavy (non-hydrogen) atoms. The molecule has 1 N–H and O–H groups in total. The summed E-state index contributed by atoms with van der Waals surface area (Å²) in [5.74, 6) is 1.27. The third-order valence-electron chi connectivity index (χ3n) is 4.04. The average Bonchev–Trinajstić information content (AvgIpc) is 2.64. The van der Waals surface area contributed by atoms with Crippen LogP contribution < -0.4 is 14.8 Å². The fourth-order valence-corrected chi connectivity index (χ4v) is 2.84. The van der Waals surface area contributed by atoms with Crippen LogP contribution in [-0.4, -0.2) is 20.1 Å². The Hall–Kier alpha value is -2.46. The van der Waals surface area contributed by atoms with Crippen LogP contribution in [0, 0.1) is 5.92 Å². The Morgan fingerprint density at radius 3 is 2.35 bits per heavy atom. The molecule has 0 radical (unpaired) electrons. The SMILES string of the molecule is COc1cccc(/C=C/C(=O)NC(c2ccc(Cl)cc2)C(C)C)c1OC. The Bertz CT molecular complexity index is 769. The van der Waals surface area contributed by atoms with Gasteiger partial charge in [0.1, 0.15) is 0 Å². The molecule has 0 aromatic heterocycles. The fourth-order valence-electron chi connectivity index (χ4n) is 2.72. The van der Waals surface area contributed by atoms with E-state index >= 15 is 0 Å². The molecule has 5 heteroatoms. The molecular formula is C21H24ClNO3. The number of methoxy groups -OCH3 is 2. The van der Waals surface area contributed by atoms with Gasteiger partial charge >= 0.3 is 0 Å². The van der Waals surface area contributed by atoms with E-state index < -0.39 is 0 Å². The normalized spacial score (nSPS) is 12.2. The second-order valence-electron chi connectivity index (χ2n) is 6.20. The largest absolute Gasteiger partial charge is 0.493 e. The third-order valence-corrected chi connectivity index (χ3v) is 4.29. The van der Waals surface area contributed by atoms with Crippen LogP contribution in [0.15, 0.2) is 48.5 Å². The summed E-state index contributed by atoms with van der Waals surface area (Å²) in [6.45, 7) is 4.13. The molecule has 4 nitrogen and oxygen atoms in total. The van der Waals surface area contributed by atoms with Gasteiger partial charge in [0.25, 0.3) is 0 Å². The molecule has 2 aromatic rings. The van der Waals surface area contributed by atoms with Crippen molar-refractivity contribution in [2.75, 3.05) is 14.2 Å². The molecule has 1 atom stereocenters. The predicted molar refractivity (Wildman–Crippen MR) is 106 cm³/mol. The van der Waals surface area contributed by atoms with E-state index in [2.05, 4.69) is 19.2 Å². The number of carbonyl (C=O) groups excluding carboxylic acids is 1. The molecule has 0 bridgehead atoms. The van der Waals surface area contributed by atoms with Crippen molar-refractivity contribution in [1.82, 2.24) is 5.32 Å². The van der Waals surface area contributed by atoms with Crippen LogP contribution in [0.1, 0.15) is 31.0 Å². The first-order valence-corrected chi connectivity index (χ1v) is 8.79. The molecule has 0 fully saturated rings. The summed E-state index contributed by atoms with van der Waals surface area (Å²) in [7, 11) is 3.15. The summed E-state index contributed by atoms with van der Waals surface area (Å²) in [5, 5.41) is 3.72. The minimum Gasteiger partial charge on any atom is -0.493 e. The smallest absolute Gasteiger partial charge is 0.244 e. The van der Waals surface area contributed by atoms with Crippen LogP contribution in [0.4, 0.5) is 0 Å². The topological polar surface area (TPSA) is 47.6 Å². The van der Waals surface area contributed by atoms with Crippen molar-refractivity contribution < 1.29 is 14.3 Å². The highest BCUT2D eigenvalue weighted by molar-refractivity contribution is 6.30. The number of ether oxygens (including phenoxy) is 2. The Balaban J connectivity index is 2.16. The molecule has 0 saturated carbocycles. The lowest BCUT2D eigenvalue weighted by atomic mass is 9.96. The first-order chi connectivity index (χ1) is 12.5. The standard InChI is InChI=1S/C21H24ClNO3/c1-14(2)20(15-8-11-17(22)12-9-15)23-19(24)13-10-16-6-5-7-18(25-3)21(16)26-4/h5-14,20H,1-4H3,(H,23,24)/b13-10+. The van der Waals surface area contributed by atoms with Gasteiger partial charge in [-0.2, -0.15) is 0 Å². The molecule has 0 aliphatic heterocycles. The van der Waals surface area contributed by atoms with Gasteiger partial charge in [0, 0.05) is 16.7 Å². The van der Waals surface area contributed by atoms with Crippen molar-refractivity contribution in [2.45, 2.75) is 19.9 Å². The zero-order valence-electron chi connectivity index (χ0n) is 15.5. The fraction of sp³-hybridized carbons (Fsp3) is 0.286. The van der Waals surface area contributed by atoms with Gasteiger partial charge in [-0.3, -0.25) is 4.79 Å². The van der Waals surface area contributed by atoms with Crippen LogP contribution in [0.2, 0.25) is 5.02 Å². The molecule has 0 spiro atoms. The van der Waals surface area contributed by atoms with E-state index in [1.165, 1.54) is 6.08 Å². The molecule has 0 heterocycles. The Labute approximate surface area is 159 Å². The Kier molecular flexibility index (Phi) is 7.10. The molecular weight excluding hydrogens is 350 g/mol. The van der Waals surface area contributed by atoms with E-state index in [0.717, 1.165) is 11.1 Å². The molecule has 2 aromatic carbocycles. The van der Waals surface area contributed by atoms with Crippen LogP contribution >= 0.6 is 11.6 Å². The number of benzene rings is 2. The molecule has 1 unspecified atom stereocenters. The first-order valence-electron chi connectivity index (χ1n) is 8.41. The molecule has 2 rings (SSSR count). The minimum absolute atomic E-state index is 0.100. The van der Waals surface area contributed by atoms with Gasteiger partial charge in [-0.25, -0.2) is 0 Å². The number of rotatable bonds is 7. The highest BCUT2D eigenvalue weighted by Gasteiger charge is 2.17. The van der Waals surface area contributed by atoms with Gasteiger partial charge in [0.2, 0.25) is 5.91 Å². The van der Waals surface area contributed by atoms with Crippen molar-refractivity contribution in [3.8, 4) is 11.5 Å². The predicted octanol–water partition coefficient (Wildman–Crippen LogP) is 4.88. The maximum atomic E-state index is 12.4. The monoisotopic (exact) mass is 373 g/mol. The zero-order chi connectivity index (χ0) is 19.1. The van der Waals surface area contributed by atoms with E-state index in [4.69, 9.17) is 21.1 Å². The van der Waals surface area contributed by atoms with Crippen LogP contribution in [0.5, 0.6) is 11.5 Å². The number of para-hydroxylation sites is 1. The van der Waals surface area contributed by atoms with Gasteiger partial charge in [-0.05, 0) is 35.8 Å². The van der Waals surface area contributed by atoms with E-state index in [-0.39, 0.29) is 17.9 Å². The average molecular weight is 374 g/mol. The Morgan fingerprint density at radius 1 is 1.08 bits per heavy atom. The molecule has 0 saturated heterocycles. The second-order valence-corrected chi connectivity index (χ2v) is 6.63. The molecule has 0 aliphatic rings. The first kappa shape index (κ1) is 19.9. The lowest BCUT2D eigenvalue weighted by Crippen LogP contribution is -2.30. The number of nitrogens with one attached hydrogen (secondary N) is 1. The summed E-state index contributed by atoms with van der Waals surface area (Å²) in [5.41, 5.74) is 1.79. The lowest BCUT2D eigenvalue weighted by molar-refractivity contribution is -0.117. The number of hydrogen-bond acceptors (Lipinski definition) is 3. The molecule has 138 valence electrons. The molecule has 0 aliphatic carbocycles. The van der Waals surface area contributed by atoms with Gasteiger partial charge in [-0.15, -0.1) is 0 Å². The lowest BCUT2D eigenvalue weighted by Gasteiger charge is -2.22. The van der Waals surface area contributed by atoms with Crippen molar-refractivity contribution >= 4 is 23.6 Å². The van der Waals surface area contributed by atoms with E-state index in [0.29, 0.717) is 16.5 Å². The van der Waals surface area contributed by atoms with Crippen LogP contribution in [0.25, 0.3) is 6.08 Å². The highest BCUT2D eigenvalue weighted by Crippen LogP contribution is 2.31. The van der Waals surface area contributed by atoms with Crippen molar-refractivity contribution in [1.29, 1.82) is 0 Å². The second kappa shape index (κ2) is 9.30. The maximum Gasteiger partial charge on any atom is 0.244 e.